The normalized spacial score (nSPS) is 15.9. The highest BCUT2D eigenvalue weighted by Gasteiger charge is 2.38. The van der Waals surface area contributed by atoms with E-state index in [1.165, 1.54) is 0 Å². The topological polar surface area (TPSA) is 58.1 Å². The van der Waals surface area contributed by atoms with Gasteiger partial charge in [0.05, 0.1) is 11.3 Å². The van der Waals surface area contributed by atoms with Crippen LogP contribution in [0.15, 0.2) is 60.9 Å². The summed E-state index contributed by atoms with van der Waals surface area (Å²) in [6, 6.07) is 16.0. The Morgan fingerprint density at radius 2 is 1.74 bits per heavy atom. The standard InChI is InChI=1S/C22H18N4O/c27-22-18-7-4-13-23-20(18)26(17-10-11-17)21-19(25-22)16(12-14-24-21)9-8-15-5-2-1-3-6-15/h1-9,12-14,17H,10-11H2,(H,25,27)/b9-8+. The summed E-state index contributed by atoms with van der Waals surface area (Å²) in [6.07, 6.45) is 9.74. The Labute approximate surface area is 157 Å². The van der Waals surface area contributed by atoms with Crippen LogP contribution in [0.3, 0.4) is 0 Å². The molecule has 5 rings (SSSR count). The molecule has 1 amide bonds. The molecule has 1 aliphatic heterocycles. The van der Waals surface area contributed by atoms with E-state index in [4.69, 9.17) is 0 Å². The van der Waals surface area contributed by atoms with Crippen molar-refractivity contribution in [3.8, 4) is 0 Å². The first-order chi connectivity index (χ1) is 13.3. The monoisotopic (exact) mass is 354 g/mol. The third kappa shape index (κ3) is 2.87. The fourth-order valence-corrected chi connectivity index (χ4v) is 3.39. The summed E-state index contributed by atoms with van der Waals surface area (Å²) in [5.41, 5.74) is 3.35. The van der Waals surface area contributed by atoms with Crippen molar-refractivity contribution in [2.75, 3.05) is 10.2 Å². The Bertz CT molecular complexity index is 1040. The summed E-state index contributed by atoms with van der Waals surface area (Å²) in [4.78, 5) is 24.1. The van der Waals surface area contributed by atoms with Gasteiger partial charge in [0.2, 0.25) is 0 Å². The van der Waals surface area contributed by atoms with E-state index in [1.54, 1.807) is 18.5 Å². The highest BCUT2D eigenvalue weighted by Crippen LogP contribution is 2.44. The molecule has 0 atom stereocenters. The zero-order valence-electron chi connectivity index (χ0n) is 14.7. The van der Waals surface area contributed by atoms with Crippen molar-refractivity contribution < 1.29 is 4.79 Å². The maximum Gasteiger partial charge on any atom is 0.259 e. The van der Waals surface area contributed by atoms with Crippen molar-refractivity contribution in [2.45, 2.75) is 18.9 Å². The van der Waals surface area contributed by atoms with Crippen molar-refractivity contribution in [3.63, 3.8) is 0 Å². The molecule has 1 fully saturated rings. The fraction of sp³-hybridized carbons (Fsp3) is 0.136. The van der Waals surface area contributed by atoms with Crippen molar-refractivity contribution in [1.29, 1.82) is 0 Å². The second-order valence-corrected chi connectivity index (χ2v) is 6.77. The van der Waals surface area contributed by atoms with Crippen molar-refractivity contribution >= 4 is 35.4 Å². The Morgan fingerprint density at radius 1 is 0.926 bits per heavy atom. The van der Waals surface area contributed by atoms with E-state index < -0.39 is 0 Å². The average Bonchev–Trinajstić information content (AvgIpc) is 3.54. The minimum atomic E-state index is -0.148. The van der Waals surface area contributed by atoms with Gasteiger partial charge in [0, 0.05) is 24.0 Å². The SMILES string of the molecule is O=C1Nc2c(/C=C/c3ccccc3)ccnc2N(C2CC2)c2ncccc21. The van der Waals surface area contributed by atoms with Crippen LogP contribution in [0.5, 0.6) is 0 Å². The van der Waals surface area contributed by atoms with Gasteiger partial charge in [-0.3, -0.25) is 4.79 Å². The van der Waals surface area contributed by atoms with Crippen LogP contribution < -0.4 is 10.2 Å². The van der Waals surface area contributed by atoms with Gasteiger partial charge in [-0.25, -0.2) is 9.97 Å². The second kappa shape index (κ2) is 6.36. The van der Waals surface area contributed by atoms with E-state index in [0.717, 1.165) is 35.5 Å². The van der Waals surface area contributed by atoms with Crippen LogP contribution in [-0.2, 0) is 0 Å². The van der Waals surface area contributed by atoms with Crippen LogP contribution in [-0.4, -0.2) is 21.9 Å². The molecule has 132 valence electrons. The average molecular weight is 354 g/mol. The molecule has 2 aliphatic rings. The highest BCUT2D eigenvalue weighted by atomic mass is 16.1. The van der Waals surface area contributed by atoms with Crippen LogP contribution in [0.25, 0.3) is 12.2 Å². The van der Waals surface area contributed by atoms with E-state index in [0.29, 0.717) is 17.4 Å². The molecule has 5 nitrogen and oxygen atoms in total. The lowest BCUT2D eigenvalue weighted by Gasteiger charge is -2.23. The number of rotatable bonds is 3. The number of pyridine rings is 2. The van der Waals surface area contributed by atoms with Gasteiger partial charge in [0.25, 0.3) is 5.91 Å². The smallest absolute Gasteiger partial charge is 0.259 e. The van der Waals surface area contributed by atoms with Gasteiger partial charge in [-0.15, -0.1) is 0 Å². The van der Waals surface area contributed by atoms with Crippen LogP contribution in [0.2, 0.25) is 0 Å². The number of fused-ring (bicyclic) bond motifs is 2. The lowest BCUT2D eigenvalue weighted by atomic mass is 10.1. The van der Waals surface area contributed by atoms with Gasteiger partial charge < -0.3 is 10.2 Å². The lowest BCUT2D eigenvalue weighted by molar-refractivity contribution is 0.102. The molecule has 3 heterocycles. The quantitative estimate of drug-likeness (QED) is 0.752. The predicted molar refractivity (Wildman–Crippen MR) is 107 cm³/mol. The molecular weight excluding hydrogens is 336 g/mol. The molecule has 1 aliphatic carbocycles. The number of carbonyl (C=O) groups is 1. The Morgan fingerprint density at radius 3 is 2.56 bits per heavy atom. The van der Waals surface area contributed by atoms with Crippen molar-refractivity contribution in [2.24, 2.45) is 0 Å². The maximum atomic E-state index is 12.9. The molecule has 3 aromatic rings. The van der Waals surface area contributed by atoms with E-state index in [-0.39, 0.29) is 5.91 Å². The molecule has 1 saturated carbocycles. The lowest BCUT2D eigenvalue weighted by Crippen LogP contribution is -2.22. The molecule has 1 N–H and O–H groups in total. The van der Waals surface area contributed by atoms with E-state index in [1.807, 2.05) is 54.6 Å². The first-order valence-corrected chi connectivity index (χ1v) is 9.09. The Kier molecular flexibility index (Phi) is 3.71. The maximum absolute atomic E-state index is 12.9. The molecule has 5 heteroatoms. The van der Waals surface area contributed by atoms with Gasteiger partial charge in [-0.1, -0.05) is 42.5 Å². The van der Waals surface area contributed by atoms with E-state index in [2.05, 4.69) is 20.2 Å². The van der Waals surface area contributed by atoms with Gasteiger partial charge in [0.1, 0.15) is 5.82 Å². The number of nitrogens with zero attached hydrogens (tertiary/aromatic N) is 3. The predicted octanol–water partition coefficient (Wildman–Crippen LogP) is 4.51. The summed E-state index contributed by atoms with van der Waals surface area (Å²) >= 11 is 0. The fourth-order valence-electron chi connectivity index (χ4n) is 3.39. The number of hydrogen-bond donors (Lipinski definition) is 1. The van der Waals surface area contributed by atoms with E-state index >= 15 is 0 Å². The number of aromatic nitrogens is 2. The van der Waals surface area contributed by atoms with Gasteiger partial charge in [0.15, 0.2) is 5.82 Å². The number of nitrogens with one attached hydrogen (secondary N) is 1. The van der Waals surface area contributed by atoms with Crippen LogP contribution >= 0.6 is 0 Å². The molecule has 0 spiro atoms. The number of hydrogen-bond acceptors (Lipinski definition) is 4. The Balaban J connectivity index is 1.64. The highest BCUT2D eigenvalue weighted by molar-refractivity contribution is 6.12. The number of benzene rings is 1. The molecule has 2 aromatic heterocycles. The van der Waals surface area contributed by atoms with Gasteiger partial charge in [-0.2, -0.15) is 0 Å². The molecular formula is C22H18N4O. The van der Waals surface area contributed by atoms with Crippen LogP contribution in [0.1, 0.15) is 34.3 Å². The minimum Gasteiger partial charge on any atom is -0.318 e. The zero-order chi connectivity index (χ0) is 18.2. The molecule has 0 radical (unpaired) electrons. The molecule has 0 bridgehead atoms. The molecule has 0 unspecified atom stereocenters. The summed E-state index contributed by atoms with van der Waals surface area (Å²) in [5, 5.41) is 3.06. The first-order valence-electron chi connectivity index (χ1n) is 9.09. The second-order valence-electron chi connectivity index (χ2n) is 6.77. The van der Waals surface area contributed by atoms with Crippen LogP contribution in [0.4, 0.5) is 17.3 Å². The molecule has 1 aromatic carbocycles. The summed E-state index contributed by atoms with van der Waals surface area (Å²) in [6.45, 7) is 0. The van der Waals surface area contributed by atoms with Crippen LogP contribution in [0, 0.1) is 0 Å². The Hall–Kier alpha value is -3.47. The summed E-state index contributed by atoms with van der Waals surface area (Å²) < 4.78 is 0. The molecule has 0 saturated heterocycles. The van der Waals surface area contributed by atoms with Gasteiger partial charge >= 0.3 is 0 Å². The van der Waals surface area contributed by atoms with Crippen molar-refractivity contribution in [3.05, 3.63) is 77.6 Å². The minimum absolute atomic E-state index is 0.148. The summed E-state index contributed by atoms with van der Waals surface area (Å²) in [5.74, 6) is 1.30. The third-order valence-corrected chi connectivity index (χ3v) is 4.86. The zero-order valence-corrected chi connectivity index (χ0v) is 14.7. The first kappa shape index (κ1) is 15.8. The number of anilines is 3. The summed E-state index contributed by atoms with van der Waals surface area (Å²) in [7, 11) is 0. The number of amides is 1. The van der Waals surface area contributed by atoms with Crippen molar-refractivity contribution in [1.82, 2.24) is 9.97 Å². The van der Waals surface area contributed by atoms with Gasteiger partial charge in [-0.05, 0) is 36.6 Å². The molecule has 27 heavy (non-hydrogen) atoms. The van der Waals surface area contributed by atoms with E-state index in [9.17, 15) is 4.79 Å². The largest absolute Gasteiger partial charge is 0.318 e. The third-order valence-electron chi connectivity index (χ3n) is 4.86. The number of carbonyl (C=O) groups excluding carboxylic acids is 1.